The highest BCUT2D eigenvalue weighted by atomic mass is 15.0. The highest BCUT2D eigenvalue weighted by molar-refractivity contribution is 5.62. The summed E-state index contributed by atoms with van der Waals surface area (Å²) in [6.45, 7) is 7.62. The van der Waals surface area contributed by atoms with Gasteiger partial charge >= 0.3 is 0 Å². The lowest BCUT2D eigenvalue weighted by Crippen LogP contribution is -2.02. The molecule has 0 spiro atoms. The summed E-state index contributed by atoms with van der Waals surface area (Å²) in [6.07, 6.45) is 2.22. The van der Waals surface area contributed by atoms with E-state index in [-0.39, 0.29) is 0 Å². The molecule has 0 radical (unpaired) electrons. The van der Waals surface area contributed by atoms with Gasteiger partial charge in [0.1, 0.15) is 5.82 Å². The van der Waals surface area contributed by atoms with Crippen LogP contribution in [0.2, 0.25) is 0 Å². The van der Waals surface area contributed by atoms with Crippen molar-refractivity contribution in [3.8, 4) is 11.3 Å². The number of nitrogens with zero attached hydrogens (tertiary/aromatic N) is 1. The molecule has 2 aromatic rings. The maximum atomic E-state index is 4.69. The van der Waals surface area contributed by atoms with Crippen LogP contribution in [0, 0.1) is 5.92 Å². The van der Waals surface area contributed by atoms with Gasteiger partial charge in [-0.2, -0.15) is 0 Å². The van der Waals surface area contributed by atoms with Crippen molar-refractivity contribution in [3.05, 3.63) is 48.0 Å². The van der Waals surface area contributed by atoms with Crippen molar-refractivity contribution in [1.29, 1.82) is 0 Å². The fourth-order valence-electron chi connectivity index (χ4n) is 2.28. The van der Waals surface area contributed by atoms with Crippen LogP contribution in [0.5, 0.6) is 0 Å². The number of nitrogens with one attached hydrogen (secondary N) is 1. The zero-order chi connectivity index (χ0) is 14.4. The predicted molar refractivity (Wildman–Crippen MR) is 87.0 cm³/mol. The summed E-state index contributed by atoms with van der Waals surface area (Å²) in [6, 6.07) is 14.9. The van der Waals surface area contributed by atoms with Crippen molar-refractivity contribution in [2.24, 2.45) is 5.92 Å². The molecule has 1 N–H and O–H groups in total. The monoisotopic (exact) mass is 268 g/mol. The van der Waals surface area contributed by atoms with Gasteiger partial charge in [0.25, 0.3) is 0 Å². The average molecular weight is 268 g/mol. The minimum atomic E-state index is 0.677. The Labute approximate surface area is 122 Å². The number of anilines is 1. The third-order valence-electron chi connectivity index (χ3n) is 3.17. The van der Waals surface area contributed by atoms with Gasteiger partial charge in [0, 0.05) is 12.1 Å². The first-order valence-electron chi connectivity index (χ1n) is 7.49. The van der Waals surface area contributed by atoms with Gasteiger partial charge in [-0.25, -0.2) is 4.98 Å². The molecule has 2 heteroatoms. The Morgan fingerprint density at radius 1 is 1.10 bits per heavy atom. The van der Waals surface area contributed by atoms with Gasteiger partial charge in [0.05, 0.1) is 5.69 Å². The highest BCUT2D eigenvalue weighted by Crippen LogP contribution is 2.21. The summed E-state index contributed by atoms with van der Waals surface area (Å²) in [4.78, 5) is 4.69. The van der Waals surface area contributed by atoms with Crippen LogP contribution in [0.25, 0.3) is 11.3 Å². The molecule has 0 saturated heterocycles. The quantitative estimate of drug-likeness (QED) is 0.816. The molecule has 20 heavy (non-hydrogen) atoms. The summed E-state index contributed by atoms with van der Waals surface area (Å²) in [7, 11) is 0. The molecule has 0 atom stereocenters. The van der Waals surface area contributed by atoms with Gasteiger partial charge in [-0.3, -0.25) is 0 Å². The van der Waals surface area contributed by atoms with Crippen LogP contribution in [0.15, 0.2) is 42.5 Å². The van der Waals surface area contributed by atoms with Gasteiger partial charge in [0.15, 0.2) is 0 Å². The number of benzene rings is 1. The fraction of sp³-hybridized carbons (Fsp3) is 0.389. The Kier molecular flexibility index (Phi) is 5.16. The summed E-state index contributed by atoms with van der Waals surface area (Å²) in [5, 5.41) is 3.34. The van der Waals surface area contributed by atoms with Gasteiger partial charge in [-0.1, -0.05) is 45.0 Å². The Morgan fingerprint density at radius 2 is 1.90 bits per heavy atom. The van der Waals surface area contributed by atoms with E-state index in [1.165, 1.54) is 11.1 Å². The number of rotatable bonds is 6. The van der Waals surface area contributed by atoms with Crippen molar-refractivity contribution in [1.82, 2.24) is 4.98 Å². The molecule has 1 aromatic heterocycles. The van der Waals surface area contributed by atoms with Crippen LogP contribution >= 0.6 is 0 Å². The molecule has 106 valence electrons. The molecule has 1 aromatic carbocycles. The van der Waals surface area contributed by atoms with Gasteiger partial charge in [-0.05, 0) is 42.5 Å². The number of aromatic nitrogens is 1. The minimum absolute atomic E-state index is 0.677. The Hall–Kier alpha value is -1.83. The first-order valence-corrected chi connectivity index (χ1v) is 7.49. The summed E-state index contributed by atoms with van der Waals surface area (Å²) in [5.74, 6) is 1.63. The van der Waals surface area contributed by atoms with Gasteiger partial charge < -0.3 is 5.32 Å². The Morgan fingerprint density at radius 3 is 2.65 bits per heavy atom. The predicted octanol–water partition coefficient (Wildman–Crippen LogP) is 4.77. The third kappa shape index (κ3) is 4.09. The van der Waals surface area contributed by atoms with Crippen LogP contribution in [-0.4, -0.2) is 11.5 Å². The molecule has 0 bridgehead atoms. The lowest BCUT2D eigenvalue weighted by Gasteiger charge is -2.09. The van der Waals surface area contributed by atoms with Crippen molar-refractivity contribution >= 4 is 5.82 Å². The number of hydrogen-bond acceptors (Lipinski definition) is 2. The van der Waals surface area contributed by atoms with E-state index in [1.807, 2.05) is 6.07 Å². The largest absolute Gasteiger partial charge is 0.370 e. The lowest BCUT2D eigenvalue weighted by atomic mass is 10.00. The summed E-state index contributed by atoms with van der Waals surface area (Å²) < 4.78 is 0. The van der Waals surface area contributed by atoms with E-state index in [9.17, 15) is 0 Å². The van der Waals surface area contributed by atoms with Crippen LogP contribution in [-0.2, 0) is 6.42 Å². The average Bonchev–Trinajstić information content (AvgIpc) is 2.45. The highest BCUT2D eigenvalue weighted by Gasteiger charge is 2.03. The Bertz CT molecular complexity index is 547. The van der Waals surface area contributed by atoms with E-state index >= 15 is 0 Å². The second-order valence-electron chi connectivity index (χ2n) is 5.63. The molecule has 0 amide bonds. The zero-order valence-corrected chi connectivity index (χ0v) is 12.7. The van der Waals surface area contributed by atoms with Gasteiger partial charge in [-0.15, -0.1) is 0 Å². The van der Waals surface area contributed by atoms with Gasteiger partial charge in [0.2, 0.25) is 0 Å². The molecule has 0 aliphatic rings. The van der Waals surface area contributed by atoms with Crippen molar-refractivity contribution in [3.63, 3.8) is 0 Å². The number of hydrogen-bond donors (Lipinski definition) is 1. The molecular formula is C18H24N2. The molecule has 0 fully saturated rings. The number of pyridine rings is 1. The molecule has 2 nitrogen and oxygen atoms in total. The molecule has 0 saturated carbocycles. The standard InChI is InChI=1S/C18H24N2/c1-4-11-19-18-10-6-9-17(20-18)16-8-5-7-15(13-16)12-14(2)3/h5-10,13-14H,4,11-12H2,1-3H3,(H,19,20). The van der Waals surface area contributed by atoms with E-state index in [4.69, 9.17) is 0 Å². The molecule has 1 heterocycles. The summed E-state index contributed by atoms with van der Waals surface area (Å²) in [5.41, 5.74) is 3.62. The first-order chi connectivity index (χ1) is 9.69. The first kappa shape index (κ1) is 14.6. The van der Waals surface area contributed by atoms with E-state index in [0.29, 0.717) is 5.92 Å². The minimum Gasteiger partial charge on any atom is -0.370 e. The second kappa shape index (κ2) is 7.09. The molecule has 0 aliphatic heterocycles. The van der Waals surface area contributed by atoms with Crippen LogP contribution in [0.3, 0.4) is 0 Å². The van der Waals surface area contributed by atoms with Crippen molar-refractivity contribution in [2.75, 3.05) is 11.9 Å². The van der Waals surface area contributed by atoms with Crippen LogP contribution in [0.4, 0.5) is 5.82 Å². The van der Waals surface area contributed by atoms with E-state index < -0.39 is 0 Å². The van der Waals surface area contributed by atoms with E-state index in [0.717, 1.165) is 30.9 Å². The molecule has 0 unspecified atom stereocenters. The smallest absolute Gasteiger partial charge is 0.126 e. The van der Waals surface area contributed by atoms with Crippen LogP contribution < -0.4 is 5.32 Å². The third-order valence-corrected chi connectivity index (χ3v) is 3.17. The van der Waals surface area contributed by atoms with Crippen molar-refractivity contribution < 1.29 is 0 Å². The lowest BCUT2D eigenvalue weighted by molar-refractivity contribution is 0.647. The Balaban J connectivity index is 2.22. The normalized spacial score (nSPS) is 10.8. The zero-order valence-electron chi connectivity index (χ0n) is 12.7. The maximum absolute atomic E-state index is 4.69. The van der Waals surface area contributed by atoms with Crippen LogP contribution in [0.1, 0.15) is 32.8 Å². The SMILES string of the molecule is CCCNc1cccc(-c2cccc(CC(C)C)c2)n1. The van der Waals surface area contributed by atoms with E-state index in [1.54, 1.807) is 0 Å². The fourth-order valence-corrected chi connectivity index (χ4v) is 2.28. The van der Waals surface area contributed by atoms with E-state index in [2.05, 4.69) is 67.5 Å². The maximum Gasteiger partial charge on any atom is 0.126 e. The molecule has 2 rings (SSSR count). The molecular weight excluding hydrogens is 244 g/mol. The van der Waals surface area contributed by atoms with Crippen molar-refractivity contribution in [2.45, 2.75) is 33.6 Å². The molecule has 0 aliphatic carbocycles. The second-order valence-corrected chi connectivity index (χ2v) is 5.63. The topological polar surface area (TPSA) is 24.9 Å². The summed E-state index contributed by atoms with van der Waals surface area (Å²) >= 11 is 0.